The smallest absolute Gasteiger partial charge is 0.338 e. The molecule has 4 aromatic rings. The molecule has 0 fully saturated rings. The van der Waals surface area contributed by atoms with E-state index < -0.39 is 0 Å². The van der Waals surface area contributed by atoms with Crippen LogP contribution in [-0.4, -0.2) is 27.1 Å². The molecule has 6 nitrogen and oxygen atoms in total. The fourth-order valence-corrected chi connectivity index (χ4v) is 3.65. The van der Waals surface area contributed by atoms with Crippen LogP contribution in [0.25, 0.3) is 16.7 Å². The number of rotatable bonds is 5. The number of carbonyl (C=O) groups is 1. The van der Waals surface area contributed by atoms with Gasteiger partial charge in [0.25, 0.3) is 0 Å². The largest absolute Gasteiger partial charge is 0.462 e. The number of anilines is 2. The number of halogens is 1. The Morgan fingerprint density at radius 3 is 2.60 bits per heavy atom. The van der Waals surface area contributed by atoms with Gasteiger partial charge < -0.3 is 10.1 Å². The summed E-state index contributed by atoms with van der Waals surface area (Å²) >= 11 is 6.21. The van der Waals surface area contributed by atoms with Gasteiger partial charge in [0.05, 0.1) is 17.6 Å². The number of aromatic nitrogens is 3. The Hall–Kier alpha value is -3.38. The summed E-state index contributed by atoms with van der Waals surface area (Å²) in [5.41, 5.74) is 5.21. The van der Waals surface area contributed by atoms with Crippen molar-refractivity contribution in [1.82, 2.24) is 14.5 Å². The minimum absolute atomic E-state index is 0.335. The summed E-state index contributed by atoms with van der Waals surface area (Å²) in [7, 11) is 0. The number of esters is 1. The van der Waals surface area contributed by atoms with Crippen molar-refractivity contribution in [2.75, 3.05) is 11.9 Å². The summed E-state index contributed by atoms with van der Waals surface area (Å²) in [4.78, 5) is 20.9. The van der Waals surface area contributed by atoms with Crippen molar-refractivity contribution in [2.45, 2.75) is 20.8 Å². The van der Waals surface area contributed by atoms with Gasteiger partial charge in [-0.3, -0.25) is 4.57 Å². The van der Waals surface area contributed by atoms with Crippen LogP contribution in [0.3, 0.4) is 0 Å². The van der Waals surface area contributed by atoms with Crippen molar-refractivity contribution in [1.29, 1.82) is 0 Å². The average molecular weight is 421 g/mol. The molecule has 0 radical (unpaired) electrons. The quantitative estimate of drug-likeness (QED) is 0.425. The van der Waals surface area contributed by atoms with Crippen LogP contribution in [0.2, 0.25) is 5.02 Å². The topological polar surface area (TPSA) is 69.0 Å². The highest BCUT2D eigenvalue weighted by Gasteiger charge is 2.18. The lowest BCUT2D eigenvalue weighted by molar-refractivity contribution is 0.0526. The van der Waals surface area contributed by atoms with E-state index in [1.807, 2.05) is 36.4 Å². The van der Waals surface area contributed by atoms with Gasteiger partial charge in [-0.2, -0.15) is 0 Å². The number of fused-ring (bicyclic) bond motifs is 1. The second kappa shape index (κ2) is 8.16. The molecule has 0 aliphatic carbocycles. The van der Waals surface area contributed by atoms with Crippen LogP contribution in [0.4, 0.5) is 11.5 Å². The predicted octanol–water partition coefficient (Wildman–Crippen LogP) is 5.61. The molecule has 2 aromatic heterocycles. The monoisotopic (exact) mass is 420 g/mol. The summed E-state index contributed by atoms with van der Waals surface area (Å²) in [6.07, 6.45) is 1.54. The van der Waals surface area contributed by atoms with E-state index in [-0.39, 0.29) is 5.97 Å². The Labute approximate surface area is 179 Å². The molecule has 4 rings (SSSR count). The number of hydrogen-bond donors (Lipinski definition) is 1. The molecule has 0 saturated carbocycles. The normalized spacial score (nSPS) is 10.9. The van der Waals surface area contributed by atoms with Crippen molar-refractivity contribution in [3.63, 3.8) is 0 Å². The van der Waals surface area contributed by atoms with Crippen LogP contribution in [-0.2, 0) is 4.74 Å². The molecule has 7 heteroatoms. The molecule has 0 amide bonds. The zero-order chi connectivity index (χ0) is 21.3. The average Bonchev–Trinajstić information content (AvgIpc) is 3.00. The van der Waals surface area contributed by atoms with Crippen LogP contribution in [0, 0.1) is 13.8 Å². The first kappa shape index (κ1) is 19.9. The molecule has 0 spiro atoms. The lowest BCUT2D eigenvalue weighted by Crippen LogP contribution is -2.04. The van der Waals surface area contributed by atoms with Gasteiger partial charge >= 0.3 is 5.97 Å². The summed E-state index contributed by atoms with van der Waals surface area (Å²) in [6.45, 7) is 6.24. The van der Waals surface area contributed by atoms with E-state index in [2.05, 4.69) is 33.7 Å². The molecular weight excluding hydrogens is 400 g/mol. The number of nitrogens with one attached hydrogen (secondary N) is 1. The lowest BCUT2D eigenvalue weighted by Gasteiger charge is -2.10. The highest BCUT2D eigenvalue weighted by atomic mass is 35.5. The number of ether oxygens (including phenoxy) is 1. The second-order valence-electron chi connectivity index (χ2n) is 6.87. The Bertz CT molecular complexity index is 1230. The van der Waals surface area contributed by atoms with Crippen molar-refractivity contribution in [3.05, 3.63) is 76.7 Å². The van der Waals surface area contributed by atoms with Crippen molar-refractivity contribution in [3.8, 4) is 5.69 Å². The van der Waals surface area contributed by atoms with E-state index in [4.69, 9.17) is 16.3 Å². The maximum atomic E-state index is 11.9. The van der Waals surface area contributed by atoms with Crippen LogP contribution in [0.15, 0.2) is 54.9 Å². The third kappa shape index (κ3) is 3.62. The SMILES string of the molecule is CCOC(=O)c1ccc(Nc2ncnc3c2c(C)c(C)n3-c2cccc(Cl)c2)cc1. The molecule has 0 atom stereocenters. The molecule has 0 aliphatic heterocycles. The zero-order valence-corrected chi connectivity index (χ0v) is 17.7. The third-order valence-electron chi connectivity index (χ3n) is 5.02. The van der Waals surface area contributed by atoms with Gasteiger partial charge in [0.1, 0.15) is 12.1 Å². The Morgan fingerprint density at radius 1 is 1.13 bits per heavy atom. The molecule has 0 bridgehead atoms. The molecule has 0 saturated heterocycles. The predicted molar refractivity (Wildman–Crippen MR) is 119 cm³/mol. The van der Waals surface area contributed by atoms with Crippen LogP contribution in [0.1, 0.15) is 28.5 Å². The van der Waals surface area contributed by atoms with Crippen molar-refractivity contribution >= 4 is 40.1 Å². The molecule has 152 valence electrons. The first-order chi connectivity index (χ1) is 14.5. The fraction of sp³-hybridized carbons (Fsp3) is 0.174. The number of aryl methyl sites for hydroxylation is 1. The minimum atomic E-state index is -0.335. The molecule has 0 unspecified atom stereocenters. The Balaban J connectivity index is 1.74. The van der Waals surface area contributed by atoms with Crippen molar-refractivity contribution in [2.24, 2.45) is 0 Å². The third-order valence-corrected chi connectivity index (χ3v) is 5.25. The summed E-state index contributed by atoms with van der Waals surface area (Å²) in [6, 6.07) is 14.8. The zero-order valence-electron chi connectivity index (χ0n) is 16.9. The summed E-state index contributed by atoms with van der Waals surface area (Å²) < 4.78 is 7.11. The maximum Gasteiger partial charge on any atom is 0.338 e. The van der Waals surface area contributed by atoms with Crippen LogP contribution >= 0.6 is 11.6 Å². The van der Waals surface area contributed by atoms with Gasteiger partial charge in [0, 0.05) is 22.1 Å². The van der Waals surface area contributed by atoms with E-state index in [0.717, 1.165) is 33.7 Å². The molecule has 2 heterocycles. The van der Waals surface area contributed by atoms with E-state index in [1.54, 1.807) is 19.1 Å². The molecule has 2 aromatic carbocycles. The van der Waals surface area contributed by atoms with E-state index in [1.165, 1.54) is 6.33 Å². The van der Waals surface area contributed by atoms with Gasteiger partial charge in [0.15, 0.2) is 5.65 Å². The highest BCUT2D eigenvalue weighted by molar-refractivity contribution is 6.30. The first-order valence-corrected chi connectivity index (χ1v) is 10.00. The van der Waals surface area contributed by atoms with Gasteiger partial charge in [-0.1, -0.05) is 17.7 Å². The summed E-state index contributed by atoms with van der Waals surface area (Å²) in [5.74, 6) is 0.365. The fourth-order valence-electron chi connectivity index (χ4n) is 3.47. The van der Waals surface area contributed by atoms with Gasteiger partial charge in [0.2, 0.25) is 0 Å². The first-order valence-electron chi connectivity index (χ1n) is 9.62. The highest BCUT2D eigenvalue weighted by Crippen LogP contribution is 2.33. The van der Waals surface area contributed by atoms with E-state index in [0.29, 0.717) is 23.0 Å². The number of benzene rings is 2. The van der Waals surface area contributed by atoms with Crippen LogP contribution in [0.5, 0.6) is 0 Å². The van der Waals surface area contributed by atoms with Gasteiger partial charge in [-0.15, -0.1) is 0 Å². The molecule has 1 N–H and O–H groups in total. The molecular formula is C23H21ClN4O2. The lowest BCUT2D eigenvalue weighted by atomic mass is 10.2. The van der Waals surface area contributed by atoms with Crippen molar-refractivity contribution < 1.29 is 9.53 Å². The Kier molecular flexibility index (Phi) is 5.42. The van der Waals surface area contributed by atoms with E-state index in [9.17, 15) is 4.79 Å². The minimum Gasteiger partial charge on any atom is -0.462 e. The molecule has 0 aliphatic rings. The summed E-state index contributed by atoms with van der Waals surface area (Å²) in [5, 5.41) is 4.95. The second-order valence-corrected chi connectivity index (χ2v) is 7.31. The number of carbonyl (C=O) groups excluding carboxylic acids is 1. The van der Waals surface area contributed by atoms with Crippen LogP contribution < -0.4 is 5.32 Å². The standard InChI is InChI=1S/C23H21ClN4O2/c1-4-30-23(29)16-8-10-18(11-9-16)27-21-20-14(2)15(3)28(22(20)26-13-25-21)19-7-5-6-17(24)12-19/h5-13H,4H2,1-3H3,(H,25,26,27). The number of hydrogen-bond acceptors (Lipinski definition) is 5. The molecule has 30 heavy (non-hydrogen) atoms. The van der Waals surface area contributed by atoms with E-state index >= 15 is 0 Å². The number of nitrogens with zero attached hydrogens (tertiary/aromatic N) is 3. The van der Waals surface area contributed by atoms with Gasteiger partial charge in [-0.05, 0) is 68.8 Å². The maximum absolute atomic E-state index is 11.9. The Morgan fingerprint density at radius 2 is 1.90 bits per heavy atom. The van der Waals surface area contributed by atoms with Gasteiger partial charge in [-0.25, -0.2) is 14.8 Å².